The summed E-state index contributed by atoms with van der Waals surface area (Å²) < 4.78 is 1.77. The van der Waals surface area contributed by atoms with Crippen LogP contribution in [-0.2, 0) is 0 Å². The van der Waals surface area contributed by atoms with Gasteiger partial charge in [0.05, 0.1) is 0 Å². The number of nitrogens with zero attached hydrogens (tertiary/aromatic N) is 1. The second-order valence-corrected chi connectivity index (χ2v) is 7.78. The van der Waals surface area contributed by atoms with Crippen LogP contribution >= 0.6 is 54.8 Å². The number of halogens is 3. The maximum atomic E-state index is 12.3. The molecule has 0 radical (unpaired) electrons. The molecule has 0 aliphatic heterocycles. The van der Waals surface area contributed by atoms with Crippen LogP contribution in [0.2, 0.25) is 5.02 Å². The molecule has 0 saturated heterocycles. The van der Waals surface area contributed by atoms with Crippen molar-refractivity contribution >= 4 is 66.5 Å². The summed E-state index contributed by atoms with van der Waals surface area (Å²) in [6.07, 6.45) is 0. The SMILES string of the molecule is O=C(Nc1csc(-c2ccc(Br)cc2)n1)c1cc(Cl)cc(Br)c1. The van der Waals surface area contributed by atoms with Gasteiger partial charge < -0.3 is 5.32 Å². The number of carbonyl (C=O) groups excluding carboxylic acids is 1. The van der Waals surface area contributed by atoms with Gasteiger partial charge in [-0.25, -0.2) is 4.98 Å². The molecule has 0 fully saturated rings. The Labute approximate surface area is 159 Å². The molecular weight excluding hydrogens is 464 g/mol. The van der Waals surface area contributed by atoms with Gasteiger partial charge in [0.15, 0.2) is 0 Å². The average molecular weight is 473 g/mol. The predicted octanol–water partition coefficient (Wildman–Crippen LogP) is 6.24. The Kier molecular flexibility index (Phi) is 5.16. The Hall–Kier alpha value is -1.21. The summed E-state index contributed by atoms with van der Waals surface area (Å²) in [4.78, 5) is 16.7. The molecule has 23 heavy (non-hydrogen) atoms. The van der Waals surface area contributed by atoms with Crippen LogP contribution in [-0.4, -0.2) is 10.9 Å². The third-order valence-electron chi connectivity index (χ3n) is 2.96. The van der Waals surface area contributed by atoms with Crippen LogP contribution in [0, 0.1) is 0 Å². The number of aromatic nitrogens is 1. The standard InChI is InChI=1S/C16H9Br2ClN2OS/c17-11-3-1-9(2-4-11)16-21-14(8-23-16)20-15(22)10-5-12(18)7-13(19)6-10/h1-8H,(H,20,22). The van der Waals surface area contributed by atoms with Crippen LogP contribution in [0.4, 0.5) is 5.82 Å². The first kappa shape index (κ1) is 16.6. The molecule has 3 nitrogen and oxygen atoms in total. The van der Waals surface area contributed by atoms with E-state index in [1.807, 2.05) is 29.6 Å². The van der Waals surface area contributed by atoms with Crippen LogP contribution in [0.25, 0.3) is 10.6 Å². The van der Waals surface area contributed by atoms with E-state index in [-0.39, 0.29) is 5.91 Å². The van der Waals surface area contributed by atoms with E-state index in [1.165, 1.54) is 11.3 Å². The van der Waals surface area contributed by atoms with Crippen molar-refractivity contribution in [1.82, 2.24) is 4.98 Å². The van der Waals surface area contributed by atoms with Crippen LogP contribution < -0.4 is 5.32 Å². The number of carbonyl (C=O) groups is 1. The van der Waals surface area contributed by atoms with Gasteiger partial charge in [-0.05, 0) is 30.3 Å². The normalized spacial score (nSPS) is 10.6. The van der Waals surface area contributed by atoms with E-state index < -0.39 is 0 Å². The largest absolute Gasteiger partial charge is 0.306 e. The molecule has 0 atom stereocenters. The lowest BCUT2D eigenvalue weighted by atomic mass is 10.2. The lowest BCUT2D eigenvalue weighted by molar-refractivity contribution is 0.102. The highest BCUT2D eigenvalue weighted by molar-refractivity contribution is 9.10. The number of rotatable bonds is 3. The van der Waals surface area contributed by atoms with Crippen molar-refractivity contribution in [2.45, 2.75) is 0 Å². The minimum Gasteiger partial charge on any atom is -0.306 e. The molecule has 2 aromatic carbocycles. The van der Waals surface area contributed by atoms with Crippen molar-refractivity contribution < 1.29 is 4.79 Å². The molecule has 0 bridgehead atoms. The topological polar surface area (TPSA) is 42.0 Å². The Morgan fingerprint density at radius 2 is 1.83 bits per heavy atom. The van der Waals surface area contributed by atoms with Crippen LogP contribution in [0.3, 0.4) is 0 Å². The molecule has 0 spiro atoms. The van der Waals surface area contributed by atoms with Crippen LogP contribution in [0.5, 0.6) is 0 Å². The van der Waals surface area contributed by atoms with Crippen molar-refractivity contribution in [1.29, 1.82) is 0 Å². The average Bonchev–Trinajstić information content (AvgIpc) is 2.95. The van der Waals surface area contributed by atoms with Gasteiger partial charge in [0, 0.05) is 30.5 Å². The van der Waals surface area contributed by atoms with E-state index in [4.69, 9.17) is 11.6 Å². The Morgan fingerprint density at radius 3 is 2.52 bits per heavy atom. The zero-order chi connectivity index (χ0) is 16.4. The molecule has 3 aromatic rings. The minimum absolute atomic E-state index is 0.249. The van der Waals surface area contributed by atoms with Crippen LogP contribution in [0.1, 0.15) is 10.4 Å². The summed E-state index contributed by atoms with van der Waals surface area (Å²) >= 11 is 14.2. The molecule has 1 aromatic heterocycles. The number of hydrogen-bond acceptors (Lipinski definition) is 3. The van der Waals surface area contributed by atoms with E-state index in [0.29, 0.717) is 16.4 Å². The maximum absolute atomic E-state index is 12.3. The van der Waals surface area contributed by atoms with E-state index in [2.05, 4.69) is 42.2 Å². The van der Waals surface area contributed by atoms with Crippen molar-refractivity contribution in [3.63, 3.8) is 0 Å². The fourth-order valence-electron chi connectivity index (χ4n) is 1.93. The minimum atomic E-state index is -0.249. The van der Waals surface area contributed by atoms with Crippen molar-refractivity contribution in [2.75, 3.05) is 5.32 Å². The second-order valence-electron chi connectivity index (χ2n) is 4.66. The first-order chi connectivity index (χ1) is 11.0. The predicted molar refractivity (Wildman–Crippen MR) is 102 cm³/mol. The van der Waals surface area contributed by atoms with Gasteiger partial charge in [-0.2, -0.15) is 0 Å². The molecule has 1 amide bonds. The number of thiazole rings is 1. The van der Waals surface area contributed by atoms with Crippen LogP contribution in [0.15, 0.2) is 56.8 Å². The second kappa shape index (κ2) is 7.13. The van der Waals surface area contributed by atoms with Gasteiger partial charge in [0.1, 0.15) is 10.8 Å². The zero-order valence-electron chi connectivity index (χ0n) is 11.5. The third kappa shape index (κ3) is 4.20. The summed E-state index contributed by atoms with van der Waals surface area (Å²) in [5.41, 5.74) is 1.48. The zero-order valence-corrected chi connectivity index (χ0v) is 16.3. The van der Waals surface area contributed by atoms with Gasteiger partial charge in [-0.15, -0.1) is 11.3 Å². The van der Waals surface area contributed by atoms with Gasteiger partial charge >= 0.3 is 0 Å². The molecule has 1 N–H and O–H groups in total. The summed E-state index contributed by atoms with van der Waals surface area (Å²) in [6.45, 7) is 0. The smallest absolute Gasteiger partial charge is 0.256 e. The first-order valence-electron chi connectivity index (χ1n) is 6.50. The van der Waals surface area contributed by atoms with Crippen molar-refractivity contribution in [3.8, 4) is 10.6 Å². The van der Waals surface area contributed by atoms with Gasteiger partial charge in [0.25, 0.3) is 5.91 Å². The van der Waals surface area contributed by atoms with E-state index in [0.717, 1.165) is 19.5 Å². The molecule has 0 unspecified atom stereocenters. The Balaban J connectivity index is 1.78. The molecule has 1 heterocycles. The highest BCUT2D eigenvalue weighted by Crippen LogP contribution is 2.27. The fourth-order valence-corrected chi connectivity index (χ4v) is 3.81. The summed E-state index contributed by atoms with van der Waals surface area (Å²) in [5, 5.41) is 5.95. The lowest BCUT2D eigenvalue weighted by Crippen LogP contribution is -2.12. The molecule has 0 aliphatic rings. The number of hydrogen-bond donors (Lipinski definition) is 1. The molecule has 0 aliphatic carbocycles. The third-order valence-corrected chi connectivity index (χ3v) is 5.06. The highest BCUT2D eigenvalue weighted by atomic mass is 79.9. The van der Waals surface area contributed by atoms with Crippen molar-refractivity contribution in [2.24, 2.45) is 0 Å². The molecule has 116 valence electrons. The number of amides is 1. The number of anilines is 1. The summed E-state index contributed by atoms with van der Waals surface area (Å²) in [6, 6.07) is 12.9. The summed E-state index contributed by atoms with van der Waals surface area (Å²) in [7, 11) is 0. The molecule has 7 heteroatoms. The molecule has 3 rings (SSSR count). The highest BCUT2D eigenvalue weighted by Gasteiger charge is 2.11. The fraction of sp³-hybridized carbons (Fsp3) is 0. The Bertz CT molecular complexity index is 845. The van der Waals surface area contributed by atoms with Gasteiger partial charge in [-0.1, -0.05) is 55.6 Å². The molecule has 0 saturated carbocycles. The number of benzene rings is 2. The Morgan fingerprint density at radius 1 is 1.09 bits per heavy atom. The molecular formula is C16H9Br2ClN2OS. The number of nitrogens with one attached hydrogen (secondary N) is 1. The lowest BCUT2D eigenvalue weighted by Gasteiger charge is -2.03. The van der Waals surface area contributed by atoms with Gasteiger partial charge in [0.2, 0.25) is 0 Å². The maximum Gasteiger partial charge on any atom is 0.256 e. The monoisotopic (exact) mass is 470 g/mol. The quantitative estimate of drug-likeness (QED) is 0.490. The van der Waals surface area contributed by atoms with E-state index in [1.54, 1.807) is 18.2 Å². The van der Waals surface area contributed by atoms with Crippen molar-refractivity contribution in [3.05, 3.63) is 67.4 Å². The van der Waals surface area contributed by atoms with E-state index in [9.17, 15) is 4.79 Å². The van der Waals surface area contributed by atoms with Gasteiger partial charge in [-0.3, -0.25) is 4.79 Å². The van der Waals surface area contributed by atoms with E-state index >= 15 is 0 Å². The summed E-state index contributed by atoms with van der Waals surface area (Å²) in [5.74, 6) is 0.273. The first-order valence-corrected chi connectivity index (χ1v) is 9.34.